The lowest BCUT2D eigenvalue weighted by atomic mass is 9.56. The number of methoxy groups -OCH3 is 4. The second kappa shape index (κ2) is 14.2. The molecule has 1 aliphatic heterocycles. The van der Waals surface area contributed by atoms with Gasteiger partial charge in [0.1, 0.15) is 35.4 Å². The average Bonchev–Trinajstić information content (AvgIpc) is 3.10. The van der Waals surface area contributed by atoms with Crippen molar-refractivity contribution in [3.8, 4) is 11.5 Å². The highest BCUT2D eigenvalue weighted by molar-refractivity contribution is 6.31. The van der Waals surface area contributed by atoms with Crippen molar-refractivity contribution in [1.29, 1.82) is 0 Å². The number of carboxylic acids is 1. The highest BCUT2D eigenvalue weighted by Gasteiger charge is 2.72. The van der Waals surface area contributed by atoms with E-state index in [0.29, 0.717) is 13.0 Å². The molecule has 0 bridgehead atoms. The Kier molecular flexibility index (Phi) is 10.3. The zero-order valence-electron chi connectivity index (χ0n) is 30.3. The summed E-state index contributed by atoms with van der Waals surface area (Å²) >= 11 is 0. The highest BCUT2D eigenvalue weighted by Crippen LogP contribution is 2.56. The van der Waals surface area contributed by atoms with Crippen LogP contribution in [0.1, 0.15) is 77.0 Å². The van der Waals surface area contributed by atoms with Crippen LogP contribution in [0.5, 0.6) is 11.5 Å². The molecule has 7 N–H and O–H groups in total. The van der Waals surface area contributed by atoms with Gasteiger partial charge in [0.05, 0.1) is 34.7 Å². The Hall–Kier alpha value is -4.59. The number of aliphatic hydroxyl groups is 3. The molecule has 1 heterocycles. The number of aromatic hydroxyl groups is 2. The smallest absolute Gasteiger partial charge is 0.339 e. The monoisotopic (exact) mass is 754 g/mol. The number of aryl methyl sites for hydroxylation is 1. The number of benzene rings is 2. The van der Waals surface area contributed by atoms with E-state index in [9.17, 15) is 49.8 Å². The number of carboxylic acid groups (broad SMARTS) is 1. The van der Waals surface area contributed by atoms with Crippen molar-refractivity contribution in [3.63, 3.8) is 0 Å². The fourth-order valence-electron chi connectivity index (χ4n) is 8.31. The number of aromatic carboxylic acids is 1. The molecule has 3 aliphatic carbocycles. The van der Waals surface area contributed by atoms with E-state index in [1.165, 1.54) is 40.4 Å². The number of carbonyl (C=O) groups excluding carboxylic acids is 3. The number of nitrogens with one attached hydrogen (secondary N) is 1. The summed E-state index contributed by atoms with van der Waals surface area (Å²) in [6.45, 7) is 3.46. The number of hydrogen-bond acceptors (Lipinski definition) is 16. The Morgan fingerprint density at radius 3 is 2.30 bits per heavy atom. The fraction of sp³-hybridized carbons (Fsp3) is 0.486. The highest BCUT2D eigenvalue weighted by atomic mass is 16.6. The maximum atomic E-state index is 14.8. The Morgan fingerprint density at radius 2 is 1.69 bits per heavy atom. The first-order valence-electron chi connectivity index (χ1n) is 17.1. The number of hydrogen-bond donors (Lipinski definition) is 7. The van der Waals surface area contributed by atoms with Gasteiger partial charge in [0.15, 0.2) is 17.4 Å². The largest absolute Gasteiger partial charge is 0.507 e. The summed E-state index contributed by atoms with van der Waals surface area (Å²) < 4.78 is 27.6. The summed E-state index contributed by atoms with van der Waals surface area (Å²) in [5.41, 5.74) is -9.56. The van der Waals surface area contributed by atoms with Gasteiger partial charge < -0.3 is 59.6 Å². The van der Waals surface area contributed by atoms with Crippen LogP contribution < -0.4 is 5.32 Å². The number of allylic oxidation sites excluding steroid dienone is 2. The fourth-order valence-corrected chi connectivity index (χ4v) is 8.31. The summed E-state index contributed by atoms with van der Waals surface area (Å²) in [6, 6.07) is 2.25. The molecule has 3 unspecified atom stereocenters. The van der Waals surface area contributed by atoms with E-state index in [-0.39, 0.29) is 40.2 Å². The molecule has 0 saturated carbocycles. The van der Waals surface area contributed by atoms with Gasteiger partial charge in [0, 0.05) is 64.7 Å². The molecule has 0 radical (unpaired) electrons. The minimum atomic E-state index is -3.25. The van der Waals surface area contributed by atoms with Crippen LogP contribution in [-0.4, -0.2) is 144 Å². The third-order valence-electron chi connectivity index (χ3n) is 10.8. The molecule has 0 aromatic heterocycles. The maximum absolute atomic E-state index is 14.8. The van der Waals surface area contributed by atoms with Gasteiger partial charge in [-0.15, -0.1) is 0 Å². The topological polar surface area (TPSA) is 260 Å². The van der Waals surface area contributed by atoms with Crippen LogP contribution in [-0.2, 0) is 35.7 Å². The number of aliphatic imine (C=N–C) groups is 1. The van der Waals surface area contributed by atoms with Crippen molar-refractivity contribution in [2.24, 2.45) is 4.99 Å². The second-order valence-electron chi connectivity index (χ2n) is 13.7. The van der Waals surface area contributed by atoms with E-state index in [1.54, 1.807) is 6.92 Å². The third-order valence-corrected chi connectivity index (χ3v) is 10.8. The minimum Gasteiger partial charge on any atom is -0.507 e. The van der Waals surface area contributed by atoms with Gasteiger partial charge in [-0.2, -0.15) is 0 Å². The molecule has 8 atom stereocenters. The number of rotatable bonds is 10. The third kappa shape index (κ3) is 5.41. The normalized spacial score (nSPS) is 31.0. The molecule has 0 amide bonds. The molecule has 6 rings (SSSR count). The number of nitrogens with zero attached hydrogens (tertiary/aromatic N) is 1. The van der Waals surface area contributed by atoms with Crippen molar-refractivity contribution in [1.82, 2.24) is 5.32 Å². The molecule has 54 heavy (non-hydrogen) atoms. The number of phenolic OH excluding ortho intramolecular Hbond substituents is 1. The molecule has 1 saturated heterocycles. The molecule has 0 spiro atoms. The summed E-state index contributed by atoms with van der Waals surface area (Å²) in [4.78, 5) is 60.6. The zero-order valence-corrected chi connectivity index (χ0v) is 30.3. The molecule has 4 aliphatic rings. The first-order chi connectivity index (χ1) is 25.6. The summed E-state index contributed by atoms with van der Waals surface area (Å²) in [5, 5.41) is 71.2. The number of phenols is 2. The molecule has 2 aromatic carbocycles. The van der Waals surface area contributed by atoms with E-state index >= 15 is 0 Å². The van der Waals surface area contributed by atoms with Crippen LogP contribution in [0.3, 0.4) is 0 Å². The zero-order chi connectivity index (χ0) is 39.6. The quantitative estimate of drug-likeness (QED) is 0.161. The lowest BCUT2D eigenvalue weighted by Crippen LogP contribution is -2.73. The van der Waals surface area contributed by atoms with Crippen LogP contribution in [0.25, 0.3) is 0 Å². The first-order valence-corrected chi connectivity index (χ1v) is 17.1. The number of carbonyl (C=O) groups is 4. The summed E-state index contributed by atoms with van der Waals surface area (Å²) in [6.07, 6.45) is -5.48. The standard InChI is InChI=1S/C37H42N2O15/c1-14-10-16-11-21(40)37(53-6)33(46)24-18(32(45)36(37,49)25(16)28(43)22(14)35(47)48)12-17-23(27(24)42)19(38-8-7-9-50-3)13-20(26(17)41)39-34-31(52-5)29(44)30(51-4)15(2)54-34/h10,12-13,15,21,29-31,34,39-40,42-44,49H,7-9,11H2,1-6H3,(H,47,48)/t15-,21?,29+,30-,31+,34-,36?,37?/m0/s1. The van der Waals surface area contributed by atoms with Gasteiger partial charge >= 0.3 is 5.97 Å². The average molecular weight is 755 g/mol. The Bertz CT molecular complexity index is 2010. The summed E-state index contributed by atoms with van der Waals surface area (Å²) in [7, 11) is 5.17. The van der Waals surface area contributed by atoms with Crippen LogP contribution in [0.15, 0.2) is 28.9 Å². The first kappa shape index (κ1) is 39.1. The van der Waals surface area contributed by atoms with Gasteiger partial charge in [0.25, 0.3) is 0 Å². The van der Waals surface area contributed by atoms with Gasteiger partial charge in [-0.3, -0.25) is 19.4 Å². The van der Waals surface area contributed by atoms with Crippen molar-refractivity contribution in [2.75, 3.05) is 41.6 Å². The maximum Gasteiger partial charge on any atom is 0.339 e. The SMILES string of the molecule is COCCCN=C1C=C(N[C@H]2O[C@@H](C)[C@H](OC)[C@@H](O)[C@H]2OC)C(=O)c2cc3c(c(O)c21)C(=O)C1(OC)C(O)Cc2cc(C)c(C(=O)O)c(O)c2C1(O)C3=O. The van der Waals surface area contributed by atoms with Crippen LogP contribution in [0.2, 0.25) is 0 Å². The predicted molar refractivity (Wildman–Crippen MR) is 185 cm³/mol. The number of ketones is 3. The molecular weight excluding hydrogens is 712 g/mol. The number of aliphatic hydroxyl groups excluding tert-OH is 2. The molecule has 17 heteroatoms. The second-order valence-corrected chi connectivity index (χ2v) is 13.7. The Morgan fingerprint density at radius 1 is 1.00 bits per heavy atom. The Labute approximate surface area is 308 Å². The summed E-state index contributed by atoms with van der Waals surface area (Å²) in [5.74, 6) is -6.96. The van der Waals surface area contributed by atoms with Gasteiger partial charge in [-0.25, -0.2) is 4.79 Å². The van der Waals surface area contributed by atoms with Gasteiger partial charge in [0.2, 0.25) is 17.3 Å². The van der Waals surface area contributed by atoms with E-state index in [2.05, 4.69) is 10.3 Å². The molecule has 2 aromatic rings. The predicted octanol–water partition coefficient (Wildman–Crippen LogP) is 0.305. The van der Waals surface area contributed by atoms with E-state index in [0.717, 1.165) is 13.2 Å². The van der Waals surface area contributed by atoms with Crippen LogP contribution in [0, 0.1) is 6.92 Å². The van der Waals surface area contributed by atoms with E-state index in [1.807, 2.05) is 0 Å². The van der Waals surface area contributed by atoms with Crippen LogP contribution in [0.4, 0.5) is 0 Å². The molecule has 290 valence electrons. The lowest BCUT2D eigenvalue weighted by Gasteiger charge is -2.53. The van der Waals surface area contributed by atoms with Crippen molar-refractivity contribution in [3.05, 3.63) is 68.4 Å². The number of ether oxygens (including phenoxy) is 5. The Balaban J connectivity index is 1.56. The number of Topliss-reactive ketones (excluding diaryl/α,β-unsaturated/α-hetero) is 3. The molecule has 1 fully saturated rings. The van der Waals surface area contributed by atoms with Crippen molar-refractivity contribution >= 4 is 29.0 Å². The van der Waals surface area contributed by atoms with E-state index < -0.39 is 111 Å². The molecular formula is C37H42N2O15. The van der Waals surface area contributed by atoms with Gasteiger partial charge in [-0.05, 0) is 43.5 Å². The van der Waals surface area contributed by atoms with Crippen molar-refractivity contribution in [2.45, 2.75) is 74.6 Å². The van der Waals surface area contributed by atoms with Crippen molar-refractivity contribution < 1.29 is 73.5 Å². The molecule has 17 nitrogen and oxygen atoms in total. The minimum absolute atomic E-state index is 0.00190. The van der Waals surface area contributed by atoms with Gasteiger partial charge in [-0.1, -0.05) is 6.07 Å². The number of fused-ring (bicyclic) bond motifs is 5. The van der Waals surface area contributed by atoms with E-state index in [4.69, 9.17) is 23.7 Å². The lowest BCUT2D eigenvalue weighted by molar-refractivity contribution is -0.236. The van der Waals surface area contributed by atoms with Crippen LogP contribution >= 0.6 is 0 Å².